The van der Waals surface area contributed by atoms with Crippen LogP contribution in [0.25, 0.3) is 11.3 Å². The molecule has 1 saturated heterocycles. The van der Waals surface area contributed by atoms with Crippen LogP contribution in [0, 0.1) is 6.92 Å². The van der Waals surface area contributed by atoms with Gasteiger partial charge in [0.1, 0.15) is 11.5 Å². The Labute approximate surface area is 148 Å². The second kappa shape index (κ2) is 8.32. The van der Waals surface area contributed by atoms with Crippen molar-refractivity contribution in [3.8, 4) is 11.3 Å². The van der Waals surface area contributed by atoms with Crippen LogP contribution >= 0.6 is 0 Å². The predicted molar refractivity (Wildman–Crippen MR) is 97.5 cm³/mol. The molecule has 2 aromatic rings. The minimum Gasteiger partial charge on any atom is -0.461 e. The Hall–Kier alpha value is -2.11. The van der Waals surface area contributed by atoms with Gasteiger partial charge in [-0.15, -0.1) is 0 Å². The molecule has 5 heteroatoms. The van der Waals surface area contributed by atoms with Gasteiger partial charge in [0, 0.05) is 24.7 Å². The minimum atomic E-state index is -0.117. The Morgan fingerprint density at radius 2 is 2.12 bits per heavy atom. The number of hydrogen-bond acceptors (Lipinski definition) is 4. The number of piperidine rings is 1. The van der Waals surface area contributed by atoms with Crippen LogP contribution in [0.3, 0.4) is 0 Å². The third-order valence-electron chi connectivity index (χ3n) is 4.78. The van der Waals surface area contributed by atoms with Gasteiger partial charge in [-0.1, -0.05) is 36.8 Å². The van der Waals surface area contributed by atoms with Gasteiger partial charge in [0.05, 0.1) is 12.2 Å². The van der Waals surface area contributed by atoms with Crippen LogP contribution in [0.15, 0.2) is 40.8 Å². The monoisotopic (exact) mass is 342 g/mol. The average Bonchev–Trinajstić information content (AvgIpc) is 3.05. The summed E-state index contributed by atoms with van der Waals surface area (Å²) in [5.41, 5.74) is 1.47. The Morgan fingerprint density at radius 3 is 2.88 bits per heavy atom. The largest absolute Gasteiger partial charge is 0.461 e. The lowest BCUT2D eigenvalue weighted by atomic mass is 10.0. The number of rotatable bonds is 6. The first kappa shape index (κ1) is 17.7. The molecule has 0 spiro atoms. The van der Waals surface area contributed by atoms with E-state index in [0.717, 1.165) is 37.3 Å². The molecule has 0 bridgehead atoms. The topological polar surface area (TPSA) is 65.7 Å². The van der Waals surface area contributed by atoms with Crippen LogP contribution in [0.5, 0.6) is 0 Å². The first-order chi connectivity index (χ1) is 12.2. The van der Waals surface area contributed by atoms with E-state index in [0.29, 0.717) is 17.9 Å². The molecular formula is C20H26N2O3. The summed E-state index contributed by atoms with van der Waals surface area (Å²) in [6.07, 6.45) is 3.36. The number of benzene rings is 1. The highest BCUT2D eigenvalue weighted by Gasteiger charge is 2.22. The van der Waals surface area contributed by atoms with Gasteiger partial charge in [-0.3, -0.25) is 9.69 Å². The lowest BCUT2D eigenvalue weighted by Gasteiger charge is -2.34. The molecule has 3 rings (SSSR count). The van der Waals surface area contributed by atoms with Crippen molar-refractivity contribution in [2.75, 3.05) is 26.2 Å². The summed E-state index contributed by atoms with van der Waals surface area (Å²) >= 11 is 0. The minimum absolute atomic E-state index is 0.117. The maximum Gasteiger partial charge on any atom is 0.255 e. The van der Waals surface area contributed by atoms with E-state index in [9.17, 15) is 9.90 Å². The van der Waals surface area contributed by atoms with Crippen LogP contribution < -0.4 is 5.32 Å². The molecule has 2 N–H and O–H groups in total. The van der Waals surface area contributed by atoms with Gasteiger partial charge in [-0.05, 0) is 32.4 Å². The van der Waals surface area contributed by atoms with Crippen LogP contribution in [-0.2, 0) is 0 Å². The number of amides is 1. The summed E-state index contributed by atoms with van der Waals surface area (Å²) in [6.45, 7) is 4.35. The molecule has 2 heterocycles. The van der Waals surface area contributed by atoms with Crippen molar-refractivity contribution in [1.82, 2.24) is 10.2 Å². The quantitative estimate of drug-likeness (QED) is 0.847. The molecule has 0 radical (unpaired) electrons. The lowest BCUT2D eigenvalue weighted by Crippen LogP contribution is -2.45. The summed E-state index contributed by atoms with van der Waals surface area (Å²) in [4.78, 5) is 14.9. The first-order valence-corrected chi connectivity index (χ1v) is 8.98. The number of nitrogens with one attached hydrogen (secondary N) is 1. The predicted octanol–water partition coefficient (Wildman–Crippen LogP) is 2.83. The molecule has 1 amide bonds. The molecule has 1 unspecified atom stereocenters. The van der Waals surface area contributed by atoms with Crippen molar-refractivity contribution in [2.24, 2.45) is 0 Å². The Kier molecular flexibility index (Phi) is 5.89. The summed E-state index contributed by atoms with van der Waals surface area (Å²) in [6, 6.07) is 11.7. The Bertz CT molecular complexity index is 696. The molecule has 1 atom stereocenters. The SMILES string of the molecule is Cc1cc(C(=O)NCCN2CCCCC2CO)c(-c2ccccc2)o1. The van der Waals surface area contributed by atoms with Crippen molar-refractivity contribution in [2.45, 2.75) is 32.2 Å². The number of carbonyl (C=O) groups excluding carboxylic acids is 1. The van der Waals surface area contributed by atoms with Gasteiger partial charge in [0.15, 0.2) is 0 Å². The van der Waals surface area contributed by atoms with E-state index in [1.165, 1.54) is 6.42 Å². The number of aliphatic hydroxyl groups excluding tert-OH is 1. The average molecular weight is 342 g/mol. The zero-order chi connectivity index (χ0) is 17.6. The normalized spacial score (nSPS) is 18.2. The fourth-order valence-corrected chi connectivity index (χ4v) is 3.46. The van der Waals surface area contributed by atoms with E-state index in [1.54, 1.807) is 6.07 Å². The molecule has 1 aromatic carbocycles. The van der Waals surface area contributed by atoms with E-state index in [2.05, 4.69) is 10.2 Å². The van der Waals surface area contributed by atoms with Gasteiger partial charge in [0.2, 0.25) is 0 Å². The second-order valence-electron chi connectivity index (χ2n) is 6.59. The summed E-state index contributed by atoms with van der Waals surface area (Å²) in [5, 5.41) is 12.5. The Morgan fingerprint density at radius 1 is 1.32 bits per heavy atom. The van der Waals surface area contributed by atoms with Crippen molar-refractivity contribution < 1.29 is 14.3 Å². The molecule has 5 nitrogen and oxygen atoms in total. The van der Waals surface area contributed by atoms with Gasteiger partial charge in [0.25, 0.3) is 5.91 Å². The molecular weight excluding hydrogens is 316 g/mol. The fraction of sp³-hybridized carbons (Fsp3) is 0.450. The molecule has 1 aliphatic rings. The van der Waals surface area contributed by atoms with Crippen LogP contribution in [-0.4, -0.2) is 48.2 Å². The highest BCUT2D eigenvalue weighted by molar-refractivity contribution is 5.99. The lowest BCUT2D eigenvalue weighted by molar-refractivity contribution is 0.0849. The number of aliphatic hydroxyl groups is 1. The molecule has 1 aliphatic heterocycles. The second-order valence-corrected chi connectivity index (χ2v) is 6.59. The highest BCUT2D eigenvalue weighted by Crippen LogP contribution is 2.27. The van der Waals surface area contributed by atoms with Gasteiger partial charge >= 0.3 is 0 Å². The zero-order valence-electron chi connectivity index (χ0n) is 14.7. The number of furan rings is 1. The fourth-order valence-electron chi connectivity index (χ4n) is 3.46. The van der Waals surface area contributed by atoms with E-state index in [1.807, 2.05) is 37.3 Å². The molecule has 0 aliphatic carbocycles. The van der Waals surface area contributed by atoms with Crippen LogP contribution in [0.2, 0.25) is 0 Å². The van der Waals surface area contributed by atoms with Gasteiger partial charge in [-0.25, -0.2) is 0 Å². The van der Waals surface area contributed by atoms with Crippen molar-refractivity contribution in [3.05, 3.63) is 47.7 Å². The molecule has 0 saturated carbocycles. The maximum atomic E-state index is 12.6. The van der Waals surface area contributed by atoms with E-state index < -0.39 is 0 Å². The van der Waals surface area contributed by atoms with E-state index >= 15 is 0 Å². The standard InChI is InChI=1S/C20H26N2O3/c1-15-13-18(19(25-15)16-7-3-2-4-8-16)20(24)21-10-12-22-11-6-5-9-17(22)14-23/h2-4,7-8,13,17,23H,5-6,9-12,14H2,1H3,(H,21,24). The zero-order valence-corrected chi connectivity index (χ0v) is 14.7. The van der Waals surface area contributed by atoms with Gasteiger partial charge < -0.3 is 14.8 Å². The van der Waals surface area contributed by atoms with E-state index in [-0.39, 0.29) is 18.6 Å². The number of aryl methyl sites for hydroxylation is 1. The van der Waals surface area contributed by atoms with Crippen molar-refractivity contribution in [3.63, 3.8) is 0 Å². The number of carbonyl (C=O) groups is 1. The number of hydrogen-bond donors (Lipinski definition) is 2. The summed E-state index contributed by atoms with van der Waals surface area (Å²) in [5.74, 6) is 1.22. The molecule has 25 heavy (non-hydrogen) atoms. The third kappa shape index (κ3) is 4.30. The van der Waals surface area contributed by atoms with Gasteiger partial charge in [-0.2, -0.15) is 0 Å². The number of nitrogens with zero attached hydrogens (tertiary/aromatic N) is 1. The molecule has 1 aromatic heterocycles. The molecule has 134 valence electrons. The van der Waals surface area contributed by atoms with Crippen molar-refractivity contribution >= 4 is 5.91 Å². The van der Waals surface area contributed by atoms with E-state index in [4.69, 9.17) is 4.42 Å². The number of likely N-dealkylation sites (tertiary alicyclic amines) is 1. The smallest absolute Gasteiger partial charge is 0.255 e. The maximum absolute atomic E-state index is 12.6. The third-order valence-corrected chi connectivity index (χ3v) is 4.78. The molecule has 1 fully saturated rings. The van der Waals surface area contributed by atoms with Crippen LogP contribution in [0.4, 0.5) is 0 Å². The summed E-state index contributed by atoms with van der Waals surface area (Å²) in [7, 11) is 0. The summed E-state index contributed by atoms with van der Waals surface area (Å²) < 4.78 is 5.75. The van der Waals surface area contributed by atoms with Crippen molar-refractivity contribution in [1.29, 1.82) is 0 Å². The first-order valence-electron chi connectivity index (χ1n) is 8.98. The Balaban J connectivity index is 1.62. The highest BCUT2D eigenvalue weighted by atomic mass is 16.3. The van der Waals surface area contributed by atoms with Crippen LogP contribution in [0.1, 0.15) is 35.4 Å².